The molecule has 12 heteroatoms. The van der Waals surface area contributed by atoms with E-state index in [0.29, 0.717) is 17.3 Å². The normalized spacial score (nSPS) is 12.7. The van der Waals surface area contributed by atoms with Crippen LogP contribution in [-0.4, -0.2) is 68.1 Å². The molecule has 0 bridgehead atoms. The number of aliphatic hydroxyl groups is 2. The average molecular weight is 745 g/mol. The molecule has 11 nitrogen and oxygen atoms in total. The molecule has 5 N–H and O–H groups in total. The molecule has 0 fully saturated rings. The maximum atomic E-state index is 13.5. The van der Waals surface area contributed by atoms with Crippen LogP contribution in [0.3, 0.4) is 0 Å². The van der Waals surface area contributed by atoms with Crippen molar-refractivity contribution in [2.24, 2.45) is 0 Å². The Morgan fingerprint density at radius 2 is 1.47 bits per heavy atom. The van der Waals surface area contributed by atoms with Gasteiger partial charge >= 0.3 is 5.97 Å². The molecule has 1 unspecified atom stereocenters. The number of nitrogens with one attached hydrogen (secondary N) is 2. The van der Waals surface area contributed by atoms with Crippen LogP contribution in [0.2, 0.25) is 0 Å². The summed E-state index contributed by atoms with van der Waals surface area (Å²) in [6, 6.07) is 16.7. The Hall–Kier alpha value is -4.65. The lowest BCUT2D eigenvalue weighted by molar-refractivity contribution is -0.137. The second-order valence-electron chi connectivity index (χ2n) is 14.2. The Kier molecular flexibility index (Phi) is 15.5. The van der Waals surface area contributed by atoms with E-state index in [9.17, 15) is 24.6 Å². The number of unbranched alkanes of at least 4 members (excludes halogenated alkanes) is 4. The topological polar surface area (TPSA) is 171 Å². The third-order valence-electron chi connectivity index (χ3n) is 8.79. The minimum Gasteiger partial charge on any atom is -0.494 e. The van der Waals surface area contributed by atoms with Crippen molar-refractivity contribution in [3.63, 3.8) is 0 Å². The molecule has 0 saturated heterocycles. The van der Waals surface area contributed by atoms with Crippen molar-refractivity contribution in [2.75, 3.05) is 6.61 Å². The van der Waals surface area contributed by atoms with Crippen LogP contribution in [0.4, 0.5) is 0 Å². The highest BCUT2D eigenvalue weighted by Gasteiger charge is 2.28. The maximum absolute atomic E-state index is 13.5. The fourth-order valence-electron chi connectivity index (χ4n) is 5.64. The summed E-state index contributed by atoms with van der Waals surface area (Å²) in [4.78, 5) is 48.5. The van der Waals surface area contributed by atoms with Crippen LogP contribution >= 0.6 is 11.3 Å². The molecule has 2 aromatic carbocycles. The predicted molar refractivity (Wildman–Crippen MR) is 207 cm³/mol. The second kappa shape index (κ2) is 20.0. The zero-order valence-electron chi connectivity index (χ0n) is 31.0. The summed E-state index contributed by atoms with van der Waals surface area (Å²) in [5.41, 5.74) is 3.20. The van der Waals surface area contributed by atoms with Gasteiger partial charge in [-0.25, -0.2) is 9.97 Å². The first-order chi connectivity index (χ1) is 25.3. The Morgan fingerprint density at radius 3 is 2.08 bits per heavy atom. The first kappa shape index (κ1) is 41.1. The fraction of sp³-hybridized carbons (Fsp3) is 0.439. The number of carbonyl (C=O) groups excluding carboxylic acids is 2. The van der Waals surface area contributed by atoms with Crippen molar-refractivity contribution < 1.29 is 34.4 Å². The van der Waals surface area contributed by atoms with Crippen LogP contribution in [-0.2, 0) is 21.4 Å². The van der Waals surface area contributed by atoms with Gasteiger partial charge in [-0.05, 0) is 60.1 Å². The first-order valence-corrected chi connectivity index (χ1v) is 19.1. The lowest BCUT2D eigenvalue weighted by atomic mass is 9.95. The standard InChI is InChI=1S/C41H52N4O7S/c1-5-6-7-8-9-23-52-31-19-17-28(18-20-31)30-25-42-37(43-26-30)29-15-13-27(14-16-29)24-33(38(48)44-32(40(50)51)11-10-12-36(46)47)45-39(49)34-21-22-35(53-34)41(2,3)4/h13-22,25-26,32-33,40,50-51H,5-12,23-24H2,1-4H3,(H,44,48)(H,45,49)(H,46,47)/t32?,33-/m0/s1. The zero-order valence-corrected chi connectivity index (χ0v) is 31.8. The van der Waals surface area contributed by atoms with Crippen LogP contribution in [0.15, 0.2) is 73.1 Å². The van der Waals surface area contributed by atoms with Crippen molar-refractivity contribution in [3.8, 4) is 28.3 Å². The minimum absolute atomic E-state index is 0.0305. The van der Waals surface area contributed by atoms with Gasteiger partial charge < -0.3 is 30.7 Å². The third-order valence-corrected chi connectivity index (χ3v) is 10.3. The summed E-state index contributed by atoms with van der Waals surface area (Å²) in [6.07, 6.45) is 7.67. The summed E-state index contributed by atoms with van der Waals surface area (Å²) in [7, 11) is 0. The number of hydrogen-bond donors (Lipinski definition) is 5. The zero-order chi connectivity index (χ0) is 38.4. The molecule has 0 saturated carbocycles. The Balaban J connectivity index is 1.43. The van der Waals surface area contributed by atoms with E-state index in [1.165, 1.54) is 37.0 Å². The van der Waals surface area contributed by atoms with Gasteiger partial charge in [-0.15, -0.1) is 11.3 Å². The van der Waals surface area contributed by atoms with E-state index in [-0.39, 0.29) is 31.1 Å². The van der Waals surface area contributed by atoms with Crippen molar-refractivity contribution in [2.45, 2.75) is 109 Å². The Bertz CT molecular complexity index is 1750. The van der Waals surface area contributed by atoms with E-state index in [0.717, 1.165) is 39.3 Å². The van der Waals surface area contributed by atoms with Gasteiger partial charge in [0.05, 0.1) is 17.5 Å². The number of aromatic nitrogens is 2. The van der Waals surface area contributed by atoms with Gasteiger partial charge in [-0.2, -0.15) is 0 Å². The number of ether oxygens (including phenoxy) is 1. The summed E-state index contributed by atoms with van der Waals surface area (Å²) >= 11 is 1.35. The molecule has 0 aliphatic rings. The number of thiophene rings is 1. The SMILES string of the molecule is CCCCCCCOc1ccc(-c2cnc(-c3ccc(C[C@H](NC(=O)c4ccc(C(C)(C)C)s4)C(=O)NC(CCCC(=O)O)C(O)O)cc3)nc2)cc1. The highest BCUT2D eigenvalue weighted by atomic mass is 32.1. The monoisotopic (exact) mass is 744 g/mol. The number of aliphatic carboxylic acids is 1. The molecular formula is C41H52N4O7S. The van der Waals surface area contributed by atoms with Gasteiger partial charge in [0, 0.05) is 41.2 Å². The summed E-state index contributed by atoms with van der Waals surface area (Å²) in [6.45, 7) is 9.07. The third kappa shape index (κ3) is 13.1. The predicted octanol–water partition coefficient (Wildman–Crippen LogP) is 6.91. The van der Waals surface area contributed by atoms with Crippen molar-refractivity contribution >= 4 is 29.1 Å². The van der Waals surface area contributed by atoms with E-state index in [1.807, 2.05) is 54.6 Å². The highest BCUT2D eigenvalue weighted by Crippen LogP contribution is 2.30. The van der Waals surface area contributed by atoms with E-state index in [4.69, 9.17) is 9.84 Å². The number of rotatable bonds is 20. The van der Waals surface area contributed by atoms with Crippen molar-refractivity contribution in [1.29, 1.82) is 0 Å². The van der Waals surface area contributed by atoms with Crippen LogP contribution in [0.25, 0.3) is 22.5 Å². The lowest BCUT2D eigenvalue weighted by Crippen LogP contribution is -2.53. The molecule has 2 aromatic heterocycles. The van der Waals surface area contributed by atoms with E-state index in [2.05, 4.69) is 48.3 Å². The number of nitrogens with zero attached hydrogens (tertiary/aromatic N) is 2. The molecule has 4 aromatic rings. The summed E-state index contributed by atoms with van der Waals surface area (Å²) in [5, 5.41) is 34.3. The maximum Gasteiger partial charge on any atom is 0.303 e. The number of amides is 2. The highest BCUT2D eigenvalue weighted by molar-refractivity contribution is 7.14. The number of benzene rings is 2. The van der Waals surface area contributed by atoms with E-state index < -0.39 is 36.2 Å². The minimum atomic E-state index is -1.91. The van der Waals surface area contributed by atoms with Gasteiger partial charge in [0.1, 0.15) is 11.8 Å². The quantitative estimate of drug-likeness (QED) is 0.0477. The molecule has 0 aliphatic heterocycles. The molecule has 53 heavy (non-hydrogen) atoms. The first-order valence-electron chi connectivity index (χ1n) is 18.3. The van der Waals surface area contributed by atoms with Crippen LogP contribution < -0.4 is 15.4 Å². The van der Waals surface area contributed by atoms with Crippen molar-refractivity contribution in [1.82, 2.24) is 20.6 Å². The summed E-state index contributed by atoms with van der Waals surface area (Å²) in [5.74, 6) is -0.711. The van der Waals surface area contributed by atoms with Crippen molar-refractivity contribution in [3.05, 3.63) is 88.4 Å². The lowest BCUT2D eigenvalue weighted by Gasteiger charge is -2.24. The van der Waals surface area contributed by atoms with Gasteiger partial charge in [0.15, 0.2) is 12.1 Å². The number of aliphatic hydroxyl groups excluding tert-OH is 1. The largest absolute Gasteiger partial charge is 0.494 e. The van der Waals surface area contributed by atoms with Crippen LogP contribution in [0.1, 0.15) is 99.2 Å². The number of carboxylic acid groups (broad SMARTS) is 1. The molecule has 4 rings (SSSR count). The van der Waals surface area contributed by atoms with Gasteiger partial charge in [0.25, 0.3) is 5.91 Å². The molecular weight excluding hydrogens is 693 g/mol. The smallest absolute Gasteiger partial charge is 0.303 e. The van der Waals surface area contributed by atoms with Gasteiger partial charge in [-0.3, -0.25) is 14.4 Å². The second-order valence-corrected chi connectivity index (χ2v) is 15.3. The molecule has 2 amide bonds. The van der Waals surface area contributed by atoms with Crippen LogP contribution in [0, 0.1) is 0 Å². The number of carbonyl (C=O) groups is 3. The Labute approximate surface area is 315 Å². The molecule has 0 spiro atoms. The van der Waals surface area contributed by atoms with E-state index >= 15 is 0 Å². The summed E-state index contributed by atoms with van der Waals surface area (Å²) < 4.78 is 5.89. The van der Waals surface area contributed by atoms with E-state index in [1.54, 1.807) is 18.5 Å². The number of carboxylic acids is 1. The van der Waals surface area contributed by atoms with Gasteiger partial charge in [0.2, 0.25) is 5.91 Å². The fourth-order valence-corrected chi connectivity index (χ4v) is 6.61. The molecule has 0 radical (unpaired) electrons. The molecule has 0 aliphatic carbocycles. The average Bonchev–Trinajstić information content (AvgIpc) is 3.65. The Morgan fingerprint density at radius 1 is 0.811 bits per heavy atom. The molecule has 284 valence electrons. The number of hydrogen-bond acceptors (Lipinski definition) is 9. The molecule has 2 atom stereocenters. The molecule has 2 heterocycles. The van der Waals surface area contributed by atoms with Gasteiger partial charge in [-0.1, -0.05) is 89.8 Å². The van der Waals surface area contributed by atoms with Crippen LogP contribution in [0.5, 0.6) is 5.75 Å².